The Balaban J connectivity index is 2.18. The molecule has 0 aromatic carbocycles. The zero-order valence-electron chi connectivity index (χ0n) is 12.4. The lowest BCUT2D eigenvalue weighted by atomic mass is 10.0. The van der Waals surface area contributed by atoms with Gasteiger partial charge in [0, 0.05) is 41.7 Å². The number of ketones is 1. The summed E-state index contributed by atoms with van der Waals surface area (Å²) in [7, 11) is 1.65. The summed E-state index contributed by atoms with van der Waals surface area (Å²) in [5, 5.41) is 0. The molecule has 0 aliphatic heterocycles. The van der Waals surface area contributed by atoms with Crippen molar-refractivity contribution in [3.63, 3.8) is 0 Å². The van der Waals surface area contributed by atoms with Gasteiger partial charge in [0.1, 0.15) is 5.75 Å². The van der Waals surface area contributed by atoms with Gasteiger partial charge in [-0.25, -0.2) is 0 Å². The molecule has 0 spiro atoms. The maximum atomic E-state index is 11.9. The van der Waals surface area contributed by atoms with E-state index in [-0.39, 0.29) is 11.7 Å². The fraction of sp³-hybridized carbons (Fsp3) is 0.375. The van der Waals surface area contributed by atoms with Gasteiger partial charge in [-0.1, -0.05) is 13.8 Å². The Labute approximate surface area is 119 Å². The van der Waals surface area contributed by atoms with Crippen molar-refractivity contribution in [1.82, 2.24) is 9.55 Å². The molecule has 2 aromatic rings. The van der Waals surface area contributed by atoms with E-state index in [1.807, 2.05) is 55.9 Å². The summed E-state index contributed by atoms with van der Waals surface area (Å²) in [4.78, 5) is 16.4. The Hall–Kier alpha value is -2.10. The van der Waals surface area contributed by atoms with Gasteiger partial charge in [-0.3, -0.25) is 9.78 Å². The number of ether oxygens (including phenoxy) is 1. The van der Waals surface area contributed by atoms with Gasteiger partial charge in [0.05, 0.1) is 19.3 Å². The normalized spacial score (nSPS) is 10.8. The van der Waals surface area contributed by atoms with Crippen LogP contribution in [0, 0.1) is 12.8 Å². The summed E-state index contributed by atoms with van der Waals surface area (Å²) < 4.78 is 7.21. The molecule has 0 amide bonds. The predicted octanol–water partition coefficient (Wildman–Crippen LogP) is 3.09. The van der Waals surface area contributed by atoms with Crippen molar-refractivity contribution in [3.8, 4) is 5.75 Å². The average Bonchev–Trinajstić information content (AvgIpc) is 2.85. The predicted molar refractivity (Wildman–Crippen MR) is 78.2 cm³/mol. The molecule has 0 fully saturated rings. The van der Waals surface area contributed by atoms with E-state index in [2.05, 4.69) is 4.98 Å². The zero-order chi connectivity index (χ0) is 14.7. The number of aryl methyl sites for hydroxylation is 1. The van der Waals surface area contributed by atoms with Crippen LogP contribution in [0.15, 0.2) is 30.6 Å². The van der Waals surface area contributed by atoms with E-state index in [1.165, 1.54) is 0 Å². The summed E-state index contributed by atoms with van der Waals surface area (Å²) in [6.07, 6.45) is 3.78. The Kier molecular flexibility index (Phi) is 4.23. The Morgan fingerprint density at radius 1 is 1.40 bits per heavy atom. The molecular formula is C16H20N2O2. The third-order valence-corrected chi connectivity index (χ3v) is 3.12. The molecule has 0 unspecified atom stereocenters. The fourth-order valence-corrected chi connectivity index (χ4v) is 2.11. The van der Waals surface area contributed by atoms with Crippen molar-refractivity contribution in [2.24, 2.45) is 5.92 Å². The summed E-state index contributed by atoms with van der Waals surface area (Å²) >= 11 is 0. The highest BCUT2D eigenvalue weighted by molar-refractivity contribution is 5.97. The SMILES string of the molecule is COc1cc(C)nc(Cn2ccc(C(=O)C(C)C)c2)c1. The van der Waals surface area contributed by atoms with E-state index < -0.39 is 0 Å². The van der Waals surface area contributed by atoms with E-state index in [0.29, 0.717) is 6.54 Å². The second-order valence-corrected chi connectivity index (χ2v) is 5.23. The van der Waals surface area contributed by atoms with Crippen LogP contribution in [0.2, 0.25) is 0 Å². The number of hydrogen-bond donors (Lipinski definition) is 0. The minimum Gasteiger partial charge on any atom is -0.497 e. The summed E-state index contributed by atoms with van der Waals surface area (Å²) in [6.45, 7) is 6.39. The first-order valence-corrected chi connectivity index (χ1v) is 6.71. The van der Waals surface area contributed by atoms with E-state index >= 15 is 0 Å². The van der Waals surface area contributed by atoms with Gasteiger partial charge in [0.25, 0.3) is 0 Å². The van der Waals surface area contributed by atoms with Crippen molar-refractivity contribution in [1.29, 1.82) is 0 Å². The first-order chi connectivity index (χ1) is 9.49. The third-order valence-electron chi connectivity index (χ3n) is 3.12. The largest absolute Gasteiger partial charge is 0.497 e. The number of methoxy groups -OCH3 is 1. The highest BCUT2D eigenvalue weighted by Crippen LogP contribution is 2.15. The molecular weight excluding hydrogens is 252 g/mol. The summed E-state index contributed by atoms with van der Waals surface area (Å²) in [6, 6.07) is 5.67. The van der Waals surface area contributed by atoms with Crippen molar-refractivity contribution in [2.75, 3.05) is 7.11 Å². The Morgan fingerprint density at radius 3 is 2.80 bits per heavy atom. The molecule has 0 aliphatic rings. The number of carbonyl (C=O) groups excluding carboxylic acids is 1. The quantitative estimate of drug-likeness (QED) is 0.786. The topological polar surface area (TPSA) is 44.1 Å². The van der Waals surface area contributed by atoms with Crippen LogP contribution < -0.4 is 4.74 Å². The molecule has 2 rings (SSSR count). The number of nitrogens with zero attached hydrogens (tertiary/aromatic N) is 2. The number of pyridine rings is 1. The van der Waals surface area contributed by atoms with Crippen LogP contribution in [0.5, 0.6) is 5.75 Å². The molecule has 0 aliphatic carbocycles. The van der Waals surface area contributed by atoms with Crippen LogP contribution in [0.25, 0.3) is 0 Å². The van der Waals surface area contributed by atoms with Gasteiger partial charge < -0.3 is 9.30 Å². The molecule has 2 aromatic heterocycles. The number of carbonyl (C=O) groups is 1. The van der Waals surface area contributed by atoms with Gasteiger partial charge in [-0.15, -0.1) is 0 Å². The van der Waals surface area contributed by atoms with Crippen LogP contribution in [-0.4, -0.2) is 22.4 Å². The van der Waals surface area contributed by atoms with E-state index in [1.54, 1.807) is 7.11 Å². The van der Waals surface area contributed by atoms with Gasteiger partial charge in [0.15, 0.2) is 5.78 Å². The molecule has 0 saturated heterocycles. The average molecular weight is 272 g/mol. The zero-order valence-corrected chi connectivity index (χ0v) is 12.4. The molecule has 106 valence electrons. The number of rotatable bonds is 5. The van der Waals surface area contributed by atoms with Gasteiger partial charge in [0.2, 0.25) is 0 Å². The standard InChI is InChI=1S/C16H20N2O2/c1-11(2)16(19)13-5-6-18(9-13)10-14-8-15(20-4)7-12(3)17-14/h5-9,11H,10H2,1-4H3. The second-order valence-electron chi connectivity index (χ2n) is 5.23. The molecule has 0 radical (unpaired) electrons. The first-order valence-electron chi connectivity index (χ1n) is 6.71. The fourth-order valence-electron chi connectivity index (χ4n) is 2.11. The third kappa shape index (κ3) is 3.26. The van der Waals surface area contributed by atoms with Crippen LogP contribution >= 0.6 is 0 Å². The van der Waals surface area contributed by atoms with Crippen molar-refractivity contribution >= 4 is 5.78 Å². The molecule has 4 nitrogen and oxygen atoms in total. The molecule has 2 heterocycles. The van der Waals surface area contributed by atoms with E-state index in [0.717, 1.165) is 22.7 Å². The molecule has 20 heavy (non-hydrogen) atoms. The molecule has 0 bridgehead atoms. The number of hydrogen-bond acceptors (Lipinski definition) is 3. The first kappa shape index (κ1) is 14.3. The van der Waals surface area contributed by atoms with E-state index in [9.17, 15) is 4.79 Å². The lowest BCUT2D eigenvalue weighted by Gasteiger charge is -2.07. The van der Waals surface area contributed by atoms with Crippen LogP contribution in [0.1, 0.15) is 35.6 Å². The highest BCUT2D eigenvalue weighted by atomic mass is 16.5. The van der Waals surface area contributed by atoms with Gasteiger partial charge >= 0.3 is 0 Å². The number of Topliss-reactive ketones (excluding diaryl/α,β-unsaturated/α-hetero) is 1. The van der Waals surface area contributed by atoms with Crippen LogP contribution in [0.3, 0.4) is 0 Å². The van der Waals surface area contributed by atoms with Gasteiger partial charge in [-0.2, -0.15) is 0 Å². The maximum absolute atomic E-state index is 11.9. The smallest absolute Gasteiger partial charge is 0.166 e. The van der Waals surface area contributed by atoms with Crippen molar-refractivity contribution in [2.45, 2.75) is 27.3 Å². The lowest BCUT2D eigenvalue weighted by Crippen LogP contribution is -2.06. The maximum Gasteiger partial charge on any atom is 0.166 e. The lowest BCUT2D eigenvalue weighted by molar-refractivity contribution is 0.0939. The molecule has 0 atom stereocenters. The Bertz CT molecular complexity index is 615. The number of aromatic nitrogens is 2. The van der Waals surface area contributed by atoms with Crippen molar-refractivity contribution < 1.29 is 9.53 Å². The minimum absolute atomic E-state index is 0.0167. The Morgan fingerprint density at radius 2 is 2.15 bits per heavy atom. The van der Waals surface area contributed by atoms with Crippen LogP contribution in [-0.2, 0) is 6.54 Å². The minimum atomic E-state index is 0.0167. The molecule has 0 N–H and O–H groups in total. The highest BCUT2D eigenvalue weighted by Gasteiger charge is 2.12. The summed E-state index contributed by atoms with van der Waals surface area (Å²) in [5.41, 5.74) is 2.59. The van der Waals surface area contributed by atoms with E-state index in [4.69, 9.17) is 4.74 Å². The van der Waals surface area contributed by atoms with Crippen molar-refractivity contribution in [3.05, 3.63) is 47.5 Å². The van der Waals surface area contributed by atoms with Crippen LogP contribution in [0.4, 0.5) is 0 Å². The summed E-state index contributed by atoms with van der Waals surface area (Å²) in [5.74, 6) is 0.986. The monoisotopic (exact) mass is 272 g/mol. The van der Waals surface area contributed by atoms with Gasteiger partial charge in [-0.05, 0) is 13.0 Å². The molecule has 4 heteroatoms. The molecule has 0 saturated carbocycles. The second kappa shape index (κ2) is 5.90.